The summed E-state index contributed by atoms with van der Waals surface area (Å²) in [5.41, 5.74) is 1.84. The Balaban J connectivity index is 1.70. The Bertz CT molecular complexity index is 462. The van der Waals surface area contributed by atoms with Crippen LogP contribution in [-0.4, -0.2) is 19.1 Å². The molecule has 1 atom stereocenters. The third kappa shape index (κ3) is 3.14. The van der Waals surface area contributed by atoms with E-state index in [1.54, 1.807) is 6.07 Å². The predicted molar refractivity (Wildman–Crippen MR) is 81.6 cm³/mol. The number of nitrogens with one attached hydrogen (secondary N) is 1. The van der Waals surface area contributed by atoms with Gasteiger partial charge >= 0.3 is 0 Å². The molecule has 1 aromatic carbocycles. The number of piperidine rings is 1. The van der Waals surface area contributed by atoms with Gasteiger partial charge in [0.1, 0.15) is 5.82 Å². The van der Waals surface area contributed by atoms with Crippen molar-refractivity contribution in [3.05, 3.63) is 29.6 Å². The van der Waals surface area contributed by atoms with Crippen LogP contribution >= 0.6 is 0 Å². The number of benzene rings is 1. The van der Waals surface area contributed by atoms with Gasteiger partial charge < -0.3 is 10.2 Å². The van der Waals surface area contributed by atoms with Crippen molar-refractivity contribution in [3.63, 3.8) is 0 Å². The second-order valence-corrected chi connectivity index (χ2v) is 6.54. The maximum absolute atomic E-state index is 14.4. The average molecular weight is 276 g/mol. The second-order valence-electron chi connectivity index (χ2n) is 6.54. The summed E-state index contributed by atoms with van der Waals surface area (Å²) in [5.74, 6) is 0.706. The van der Waals surface area contributed by atoms with Crippen LogP contribution in [0.4, 0.5) is 10.1 Å². The lowest BCUT2D eigenvalue weighted by Crippen LogP contribution is -2.33. The minimum Gasteiger partial charge on any atom is -0.369 e. The quantitative estimate of drug-likeness (QED) is 0.898. The summed E-state index contributed by atoms with van der Waals surface area (Å²) in [6, 6.07) is 6.65. The Hall–Kier alpha value is -1.09. The van der Waals surface area contributed by atoms with Gasteiger partial charge in [-0.2, -0.15) is 0 Å². The van der Waals surface area contributed by atoms with Crippen LogP contribution < -0.4 is 10.2 Å². The normalized spacial score (nSPS) is 22.1. The molecule has 1 aliphatic heterocycles. The number of hydrogen-bond donors (Lipinski definition) is 1. The molecule has 0 unspecified atom stereocenters. The molecule has 1 aromatic rings. The first-order valence-corrected chi connectivity index (χ1v) is 7.94. The summed E-state index contributed by atoms with van der Waals surface area (Å²) >= 11 is 0. The zero-order valence-corrected chi connectivity index (χ0v) is 12.5. The minimum absolute atomic E-state index is 0.0681. The molecule has 0 spiro atoms. The van der Waals surface area contributed by atoms with E-state index in [9.17, 15) is 4.39 Å². The lowest BCUT2D eigenvalue weighted by Gasteiger charge is -2.32. The van der Waals surface area contributed by atoms with E-state index < -0.39 is 0 Å². The highest BCUT2D eigenvalue weighted by Gasteiger charge is 2.24. The maximum Gasteiger partial charge on any atom is 0.146 e. The number of anilines is 1. The van der Waals surface area contributed by atoms with Crippen molar-refractivity contribution < 1.29 is 4.39 Å². The molecule has 0 amide bonds. The second kappa shape index (κ2) is 5.72. The van der Waals surface area contributed by atoms with Crippen molar-refractivity contribution in [2.45, 2.75) is 51.6 Å². The zero-order chi connectivity index (χ0) is 14.1. The summed E-state index contributed by atoms with van der Waals surface area (Å²) in [6.45, 7) is 6.36. The third-order valence-electron chi connectivity index (χ3n) is 4.66. The van der Waals surface area contributed by atoms with Crippen molar-refractivity contribution in [3.8, 4) is 0 Å². The molecule has 0 radical (unpaired) electrons. The van der Waals surface area contributed by atoms with Gasteiger partial charge in [0, 0.05) is 25.2 Å². The minimum atomic E-state index is -0.0681. The zero-order valence-electron chi connectivity index (χ0n) is 12.5. The van der Waals surface area contributed by atoms with Gasteiger partial charge in [-0.05, 0) is 56.2 Å². The fraction of sp³-hybridized carbons (Fsp3) is 0.647. The van der Waals surface area contributed by atoms with Gasteiger partial charge in [0.2, 0.25) is 0 Å². The Morgan fingerprint density at radius 3 is 2.50 bits per heavy atom. The molecular formula is C17H25FN2. The molecule has 1 saturated carbocycles. The fourth-order valence-corrected chi connectivity index (χ4v) is 3.00. The van der Waals surface area contributed by atoms with Crippen molar-refractivity contribution >= 4 is 5.69 Å². The van der Waals surface area contributed by atoms with Crippen LogP contribution in [-0.2, 0) is 0 Å². The van der Waals surface area contributed by atoms with Crippen molar-refractivity contribution in [2.24, 2.45) is 5.92 Å². The molecule has 2 nitrogen and oxygen atoms in total. The van der Waals surface area contributed by atoms with Crippen LogP contribution in [0.25, 0.3) is 0 Å². The van der Waals surface area contributed by atoms with Crippen LogP contribution in [0.15, 0.2) is 18.2 Å². The van der Waals surface area contributed by atoms with Gasteiger partial charge in [-0.15, -0.1) is 0 Å². The fourth-order valence-electron chi connectivity index (χ4n) is 3.00. The molecule has 1 saturated heterocycles. The lowest BCUT2D eigenvalue weighted by molar-refractivity contribution is 0.434. The molecule has 0 aromatic heterocycles. The van der Waals surface area contributed by atoms with Crippen LogP contribution in [0.1, 0.15) is 51.1 Å². The Labute approximate surface area is 121 Å². The highest BCUT2D eigenvalue weighted by Crippen LogP contribution is 2.29. The maximum atomic E-state index is 14.4. The van der Waals surface area contributed by atoms with Gasteiger partial charge in [0.05, 0.1) is 5.69 Å². The van der Waals surface area contributed by atoms with Crippen LogP contribution in [0.2, 0.25) is 0 Å². The van der Waals surface area contributed by atoms with Crippen molar-refractivity contribution in [1.82, 2.24) is 5.32 Å². The topological polar surface area (TPSA) is 15.3 Å². The average Bonchev–Trinajstić information content (AvgIpc) is 3.24. The summed E-state index contributed by atoms with van der Waals surface area (Å²) < 4.78 is 14.4. The molecule has 20 heavy (non-hydrogen) atoms. The number of halogens is 1. The van der Waals surface area contributed by atoms with Crippen molar-refractivity contribution in [2.75, 3.05) is 18.0 Å². The van der Waals surface area contributed by atoms with E-state index in [1.165, 1.54) is 25.7 Å². The molecule has 3 rings (SSSR count). The molecule has 2 fully saturated rings. The van der Waals surface area contributed by atoms with Gasteiger partial charge in [-0.25, -0.2) is 4.39 Å². The molecule has 0 bridgehead atoms. The van der Waals surface area contributed by atoms with E-state index in [1.807, 2.05) is 6.07 Å². The molecule has 1 N–H and O–H groups in total. The standard InChI is InChI=1S/C17H25FN2/c1-12-7-9-20(10-8-12)17-6-3-14(11-16(17)18)13(2)19-15-4-5-15/h3,6,11-13,15,19H,4-5,7-10H2,1-2H3/t13-/m0/s1. The van der Waals surface area contributed by atoms with Crippen LogP contribution in [0.5, 0.6) is 0 Å². The SMILES string of the molecule is CC1CCN(c2ccc([C@H](C)NC3CC3)cc2F)CC1. The molecule has 1 aliphatic carbocycles. The van der Waals surface area contributed by atoms with Gasteiger partial charge in [0.25, 0.3) is 0 Å². The van der Waals surface area contributed by atoms with E-state index in [0.29, 0.717) is 6.04 Å². The summed E-state index contributed by atoms with van der Waals surface area (Å²) in [5, 5.41) is 3.52. The highest BCUT2D eigenvalue weighted by molar-refractivity contribution is 5.50. The largest absolute Gasteiger partial charge is 0.369 e. The van der Waals surface area contributed by atoms with E-state index in [2.05, 4.69) is 30.1 Å². The first-order valence-electron chi connectivity index (χ1n) is 7.94. The Morgan fingerprint density at radius 2 is 1.90 bits per heavy atom. The molecular weight excluding hydrogens is 251 g/mol. The summed E-state index contributed by atoms with van der Waals surface area (Å²) in [4.78, 5) is 2.19. The summed E-state index contributed by atoms with van der Waals surface area (Å²) in [6.07, 6.45) is 4.86. The van der Waals surface area contributed by atoms with E-state index in [4.69, 9.17) is 0 Å². The van der Waals surface area contributed by atoms with E-state index in [0.717, 1.165) is 30.3 Å². The van der Waals surface area contributed by atoms with Crippen molar-refractivity contribution in [1.29, 1.82) is 0 Å². The van der Waals surface area contributed by atoms with Crippen LogP contribution in [0.3, 0.4) is 0 Å². The van der Waals surface area contributed by atoms with E-state index >= 15 is 0 Å². The number of hydrogen-bond acceptors (Lipinski definition) is 2. The smallest absolute Gasteiger partial charge is 0.146 e. The van der Waals surface area contributed by atoms with Gasteiger partial charge in [-0.1, -0.05) is 13.0 Å². The number of rotatable bonds is 4. The Morgan fingerprint density at radius 1 is 1.20 bits per heavy atom. The monoisotopic (exact) mass is 276 g/mol. The third-order valence-corrected chi connectivity index (χ3v) is 4.66. The lowest BCUT2D eigenvalue weighted by atomic mass is 9.98. The van der Waals surface area contributed by atoms with Crippen LogP contribution in [0, 0.1) is 11.7 Å². The van der Waals surface area contributed by atoms with E-state index in [-0.39, 0.29) is 11.9 Å². The molecule has 1 heterocycles. The molecule has 110 valence electrons. The van der Waals surface area contributed by atoms with Gasteiger partial charge in [0.15, 0.2) is 0 Å². The summed E-state index contributed by atoms with van der Waals surface area (Å²) in [7, 11) is 0. The molecule has 2 aliphatic rings. The molecule has 3 heteroatoms. The number of nitrogens with zero attached hydrogens (tertiary/aromatic N) is 1. The first-order chi connectivity index (χ1) is 9.63. The predicted octanol–water partition coefficient (Wildman–Crippen LogP) is 3.88. The Kier molecular flexibility index (Phi) is 3.97. The first kappa shape index (κ1) is 13.9. The van der Waals surface area contributed by atoms with Gasteiger partial charge in [-0.3, -0.25) is 0 Å². The highest BCUT2D eigenvalue weighted by atomic mass is 19.1.